The largest absolute Gasteiger partial charge is 0.496 e. The standard InChI is InChI=1S/C17H29NO/c1-5-7-10-14(6-2)16(18-3)13-15-11-8-9-12-17(15)19-4/h8-9,11-12,14,16,18H,5-7,10,13H2,1-4H3. The third-order valence-corrected chi connectivity index (χ3v) is 4.03. The van der Waals surface area contributed by atoms with Crippen LogP contribution in [0.3, 0.4) is 0 Å². The maximum Gasteiger partial charge on any atom is 0.122 e. The molecule has 1 aromatic carbocycles. The topological polar surface area (TPSA) is 21.3 Å². The van der Waals surface area contributed by atoms with Gasteiger partial charge >= 0.3 is 0 Å². The maximum absolute atomic E-state index is 5.46. The van der Waals surface area contributed by atoms with Gasteiger partial charge in [-0.15, -0.1) is 0 Å². The molecule has 2 unspecified atom stereocenters. The Balaban J connectivity index is 2.73. The van der Waals surface area contributed by atoms with Crippen molar-refractivity contribution in [1.82, 2.24) is 5.32 Å². The number of hydrogen-bond acceptors (Lipinski definition) is 2. The molecule has 0 aromatic heterocycles. The Bertz CT molecular complexity index is 351. The molecule has 0 amide bonds. The van der Waals surface area contributed by atoms with Gasteiger partial charge in [-0.1, -0.05) is 51.3 Å². The summed E-state index contributed by atoms with van der Waals surface area (Å²) in [6, 6.07) is 8.89. The normalized spacial score (nSPS) is 14.1. The first kappa shape index (κ1) is 16.0. The number of rotatable bonds is 9. The fraction of sp³-hybridized carbons (Fsp3) is 0.647. The number of hydrogen-bond donors (Lipinski definition) is 1. The van der Waals surface area contributed by atoms with Crippen molar-refractivity contribution in [3.63, 3.8) is 0 Å². The van der Waals surface area contributed by atoms with Crippen LogP contribution < -0.4 is 10.1 Å². The molecule has 0 heterocycles. The van der Waals surface area contributed by atoms with E-state index in [4.69, 9.17) is 4.74 Å². The molecule has 2 atom stereocenters. The van der Waals surface area contributed by atoms with Gasteiger partial charge in [-0.05, 0) is 37.4 Å². The average molecular weight is 263 g/mol. The summed E-state index contributed by atoms with van der Waals surface area (Å²) in [5.41, 5.74) is 1.30. The molecule has 1 N–H and O–H groups in total. The molecule has 0 aliphatic heterocycles. The zero-order chi connectivity index (χ0) is 14.1. The zero-order valence-electron chi connectivity index (χ0n) is 12.9. The Morgan fingerprint density at radius 2 is 1.95 bits per heavy atom. The summed E-state index contributed by atoms with van der Waals surface area (Å²) in [4.78, 5) is 0. The van der Waals surface area contributed by atoms with Gasteiger partial charge in [0.1, 0.15) is 5.75 Å². The van der Waals surface area contributed by atoms with Gasteiger partial charge in [-0.25, -0.2) is 0 Å². The summed E-state index contributed by atoms with van der Waals surface area (Å²) >= 11 is 0. The van der Waals surface area contributed by atoms with E-state index in [-0.39, 0.29) is 0 Å². The number of nitrogens with one attached hydrogen (secondary N) is 1. The molecule has 0 aliphatic carbocycles. The van der Waals surface area contributed by atoms with Crippen molar-refractivity contribution in [3.05, 3.63) is 29.8 Å². The van der Waals surface area contributed by atoms with Gasteiger partial charge in [0.2, 0.25) is 0 Å². The lowest BCUT2D eigenvalue weighted by Gasteiger charge is -2.26. The number of unbranched alkanes of at least 4 members (excludes halogenated alkanes) is 1. The third kappa shape index (κ3) is 4.87. The first-order valence-corrected chi connectivity index (χ1v) is 7.55. The van der Waals surface area contributed by atoms with E-state index < -0.39 is 0 Å². The van der Waals surface area contributed by atoms with Crippen LogP contribution in [0.2, 0.25) is 0 Å². The second-order valence-corrected chi connectivity index (χ2v) is 5.22. The van der Waals surface area contributed by atoms with E-state index in [9.17, 15) is 0 Å². The molecule has 108 valence electrons. The summed E-state index contributed by atoms with van der Waals surface area (Å²) in [6.45, 7) is 4.56. The molecule has 2 heteroatoms. The fourth-order valence-electron chi connectivity index (χ4n) is 2.77. The first-order chi connectivity index (χ1) is 9.26. The van der Waals surface area contributed by atoms with Crippen LogP contribution in [-0.4, -0.2) is 20.2 Å². The van der Waals surface area contributed by atoms with Crippen molar-refractivity contribution in [1.29, 1.82) is 0 Å². The van der Waals surface area contributed by atoms with Gasteiger partial charge in [-0.2, -0.15) is 0 Å². The van der Waals surface area contributed by atoms with Gasteiger partial charge in [-0.3, -0.25) is 0 Å². The van der Waals surface area contributed by atoms with E-state index in [1.54, 1.807) is 7.11 Å². The molecule has 0 saturated carbocycles. The Morgan fingerprint density at radius 1 is 1.21 bits per heavy atom. The Hall–Kier alpha value is -1.02. The molecule has 0 fully saturated rings. The first-order valence-electron chi connectivity index (χ1n) is 7.55. The van der Waals surface area contributed by atoms with E-state index >= 15 is 0 Å². The van der Waals surface area contributed by atoms with E-state index in [2.05, 4.69) is 44.4 Å². The number of likely N-dealkylation sites (N-methyl/N-ethyl adjacent to an activating group) is 1. The van der Waals surface area contributed by atoms with Gasteiger partial charge in [0, 0.05) is 6.04 Å². The van der Waals surface area contributed by atoms with Crippen molar-refractivity contribution in [2.24, 2.45) is 5.92 Å². The van der Waals surface area contributed by atoms with Gasteiger partial charge in [0.05, 0.1) is 7.11 Å². The average Bonchev–Trinajstić information content (AvgIpc) is 2.47. The third-order valence-electron chi connectivity index (χ3n) is 4.03. The van der Waals surface area contributed by atoms with Crippen LogP contribution >= 0.6 is 0 Å². The summed E-state index contributed by atoms with van der Waals surface area (Å²) in [6.07, 6.45) is 6.20. The predicted octanol–water partition coefficient (Wildman–Crippen LogP) is 4.04. The number of methoxy groups -OCH3 is 1. The molecular formula is C17H29NO. The minimum Gasteiger partial charge on any atom is -0.496 e. The highest BCUT2D eigenvalue weighted by Crippen LogP contribution is 2.24. The number of ether oxygens (including phenoxy) is 1. The van der Waals surface area contributed by atoms with E-state index in [0.29, 0.717) is 6.04 Å². The Kier molecular flexibility index (Phi) is 7.57. The number of para-hydroxylation sites is 1. The second-order valence-electron chi connectivity index (χ2n) is 5.22. The molecule has 0 spiro atoms. The predicted molar refractivity (Wildman–Crippen MR) is 82.9 cm³/mol. The van der Waals surface area contributed by atoms with Crippen LogP contribution in [-0.2, 0) is 6.42 Å². The molecule has 19 heavy (non-hydrogen) atoms. The summed E-state index contributed by atoms with van der Waals surface area (Å²) in [5, 5.41) is 3.51. The smallest absolute Gasteiger partial charge is 0.122 e. The lowest BCUT2D eigenvalue weighted by atomic mass is 9.87. The monoisotopic (exact) mass is 263 g/mol. The van der Waals surface area contributed by atoms with Crippen LogP contribution in [0.5, 0.6) is 5.75 Å². The van der Waals surface area contributed by atoms with Crippen molar-refractivity contribution < 1.29 is 4.74 Å². The van der Waals surface area contributed by atoms with Crippen molar-refractivity contribution in [2.45, 2.75) is 52.0 Å². The van der Waals surface area contributed by atoms with Crippen LogP contribution in [0.25, 0.3) is 0 Å². The van der Waals surface area contributed by atoms with Gasteiger partial charge in [0.25, 0.3) is 0 Å². The van der Waals surface area contributed by atoms with E-state index in [1.165, 1.54) is 31.2 Å². The lowest BCUT2D eigenvalue weighted by Crippen LogP contribution is -2.35. The van der Waals surface area contributed by atoms with Crippen molar-refractivity contribution >= 4 is 0 Å². The Morgan fingerprint density at radius 3 is 2.53 bits per heavy atom. The maximum atomic E-state index is 5.46. The van der Waals surface area contributed by atoms with Crippen LogP contribution in [0.1, 0.15) is 45.1 Å². The van der Waals surface area contributed by atoms with Crippen molar-refractivity contribution in [3.8, 4) is 5.75 Å². The molecule has 0 saturated heterocycles. The van der Waals surface area contributed by atoms with Gasteiger partial charge in [0.15, 0.2) is 0 Å². The quantitative estimate of drug-likeness (QED) is 0.726. The van der Waals surface area contributed by atoms with Gasteiger partial charge < -0.3 is 10.1 Å². The minimum absolute atomic E-state index is 0.535. The number of benzene rings is 1. The van der Waals surface area contributed by atoms with Crippen LogP contribution in [0, 0.1) is 5.92 Å². The highest BCUT2D eigenvalue weighted by Gasteiger charge is 2.19. The van der Waals surface area contributed by atoms with Crippen LogP contribution in [0.15, 0.2) is 24.3 Å². The molecule has 2 nitrogen and oxygen atoms in total. The Labute approximate surface area is 118 Å². The molecule has 1 rings (SSSR count). The summed E-state index contributed by atoms with van der Waals surface area (Å²) in [5.74, 6) is 1.75. The highest BCUT2D eigenvalue weighted by molar-refractivity contribution is 5.33. The summed E-state index contributed by atoms with van der Waals surface area (Å²) in [7, 11) is 3.83. The van der Waals surface area contributed by atoms with E-state index in [0.717, 1.165) is 18.1 Å². The highest BCUT2D eigenvalue weighted by atomic mass is 16.5. The van der Waals surface area contributed by atoms with Crippen LogP contribution in [0.4, 0.5) is 0 Å². The minimum atomic E-state index is 0.535. The molecule has 0 radical (unpaired) electrons. The molecular weight excluding hydrogens is 234 g/mol. The zero-order valence-corrected chi connectivity index (χ0v) is 12.9. The lowest BCUT2D eigenvalue weighted by molar-refractivity contribution is 0.325. The fourth-order valence-corrected chi connectivity index (χ4v) is 2.77. The van der Waals surface area contributed by atoms with E-state index in [1.807, 2.05) is 6.07 Å². The summed E-state index contributed by atoms with van der Waals surface area (Å²) < 4.78 is 5.46. The SMILES string of the molecule is CCCCC(CC)C(Cc1ccccc1OC)NC. The second kappa shape index (κ2) is 8.98. The van der Waals surface area contributed by atoms with Crippen molar-refractivity contribution in [2.75, 3.05) is 14.2 Å². The molecule has 1 aromatic rings. The molecule has 0 bridgehead atoms. The molecule has 0 aliphatic rings.